The molecule has 0 saturated carbocycles. The zero-order valence-corrected chi connectivity index (χ0v) is 21.1. The second-order valence-corrected chi connectivity index (χ2v) is 2.39. The van der Waals surface area contributed by atoms with Crippen molar-refractivity contribution in [3.8, 4) is 0 Å². The fourth-order valence-corrected chi connectivity index (χ4v) is 0. The minimum Gasteiger partial charge on any atom is -0.480 e. The van der Waals surface area contributed by atoms with Gasteiger partial charge in [-0.3, -0.25) is 19.2 Å². The van der Waals surface area contributed by atoms with Gasteiger partial charge in [0.15, 0.2) is 0 Å². The third-order valence-corrected chi connectivity index (χ3v) is 0.698. The van der Waals surface area contributed by atoms with E-state index >= 15 is 0 Å². The number of rotatable bonds is 4. The molecule has 0 saturated heterocycles. The van der Waals surface area contributed by atoms with Gasteiger partial charge in [0.1, 0.15) is 0 Å². The second kappa shape index (κ2) is 43.8. The van der Waals surface area contributed by atoms with Crippen LogP contribution in [0.5, 0.6) is 0 Å². The third-order valence-electron chi connectivity index (χ3n) is 0.698. The maximum Gasteiger partial charge on any atom is 0.317 e. The van der Waals surface area contributed by atoms with E-state index in [2.05, 4.69) is 60.2 Å². The number of carboxylic acid groups (broad SMARTS) is 4. The molecule has 0 aromatic rings. The average molecular weight is 810 g/mol. The van der Waals surface area contributed by atoms with Crippen molar-refractivity contribution in [3.05, 3.63) is 0 Å². The van der Waals surface area contributed by atoms with E-state index in [1.165, 1.54) is 0 Å². The Kier molecular flexibility index (Phi) is 80.7. The number of nitrogens with two attached hydrogens (primary N) is 4. The predicted molar refractivity (Wildman–Crippen MR) is 126 cm³/mol. The number of hydrogen-bond donors (Lipinski definition) is 8. The summed E-state index contributed by atoms with van der Waals surface area (Å²) in [7, 11) is 0. The zero-order chi connectivity index (χ0) is 19.1. The Bertz CT molecular complexity index is 243. The number of carboxylic acids is 4. The SMILES string of the molecule is I.I.II.NCC(=O)O.NCC(=O)O.NCC(=O)O.NCC(=O)O. The summed E-state index contributed by atoms with van der Waals surface area (Å²) < 4.78 is 0. The smallest absolute Gasteiger partial charge is 0.317 e. The van der Waals surface area contributed by atoms with Crippen molar-refractivity contribution in [2.75, 3.05) is 26.2 Å². The molecule has 0 aromatic heterocycles. The molecule has 0 rings (SSSR count). The van der Waals surface area contributed by atoms with Gasteiger partial charge < -0.3 is 43.4 Å². The van der Waals surface area contributed by atoms with Crippen molar-refractivity contribution in [2.45, 2.75) is 0 Å². The predicted octanol–water partition coefficient (Wildman–Crippen LogP) is -0.874. The van der Waals surface area contributed by atoms with E-state index in [1.54, 1.807) is 0 Å². The minimum absolute atomic E-state index is 0. The molecular formula is C8H22I4N4O8. The summed E-state index contributed by atoms with van der Waals surface area (Å²) in [4.78, 5) is 37.0. The van der Waals surface area contributed by atoms with Crippen molar-refractivity contribution in [1.82, 2.24) is 0 Å². The van der Waals surface area contributed by atoms with Crippen LogP contribution in [0.15, 0.2) is 0 Å². The quantitative estimate of drug-likeness (QED) is 0.161. The lowest BCUT2D eigenvalue weighted by molar-refractivity contribution is -0.136. The van der Waals surface area contributed by atoms with Gasteiger partial charge in [-0.15, -0.1) is 48.0 Å². The van der Waals surface area contributed by atoms with Crippen LogP contribution in [0, 0.1) is 0 Å². The fraction of sp³-hybridized carbons (Fsp3) is 0.500. The van der Waals surface area contributed by atoms with Crippen LogP contribution in [0.3, 0.4) is 0 Å². The molecule has 0 heterocycles. The highest BCUT2D eigenvalue weighted by atomic mass is 128. The maximum atomic E-state index is 9.24. The molecule has 0 bridgehead atoms. The summed E-state index contributed by atoms with van der Waals surface area (Å²) in [5, 5.41) is 30.4. The van der Waals surface area contributed by atoms with E-state index in [0.717, 1.165) is 0 Å². The molecule has 0 aliphatic rings. The lowest BCUT2D eigenvalue weighted by atomic mass is 10.7. The first-order chi connectivity index (χ1) is 10.1. The normalized spacial score (nSPS) is 6.42. The highest BCUT2D eigenvalue weighted by Gasteiger charge is 1.82. The Morgan fingerprint density at radius 1 is 0.542 bits per heavy atom. The first-order valence-electron chi connectivity index (χ1n) is 4.90. The number of halogens is 4. The molecule has 0 fully saturated rings. The van der Waals surface area contributed by atoms with Gasteiger partial charge in [0.2, 0.25) is 0 Å². The van der Waals surface area contributed by atoms with Crippen LogP contribution in [0.1, 0.15) is 0 Å². The molecule has 150 valence electrons. The van der Waals surface area contributed by atoms with Crippen molar-refractivity contribution in [2.24, 2.45) is 22.9 Å². The molecule has 24 heavy (non-hydrogen) atoms. The molecule has 12 N–H and O–H groups in total. The summed E-state index contributed by atoms with van der Waals surface area (Å²) in [6.07, 6.45) is 0. The van der Waals surface area contributed by atoms with E-state index in [-0.39, 0.29) is 74.1 Å². The summed E-state index contributed by atoms with van der Waals surface area (Å²) in [5.74, 6) is -3.87. The highest BCUT2D eigenvalue weighted by Crippen LogP contribution is 1.89. The molecule has 0 aliphatic carbocycles. The summed E-state index contributed by atoms with van der Waals surface area (Å²) in [5.41, 5.74) is 18.3. The Labute approximate surface area is 195 Å². The standard InChI is InChI=1S/4C2H5NO2.I2.2HI/c4*3-1-2(4)5;1-2;;/h4*1,3H2,(H,4,5);;2*1H. The average Bonchev–Trinajstić information content (AvgIpc) is 2.50. The van der Waals surface area contributed by atoms with E-state index in [9.17, 15) is 19.2 Å². The number of carbonyl (C=O) groups is 4. The molecular weight excluding hydrogens is 788 g/mol. The maximum absolute atomic E-state index is 9.24. The molecule has 16 heteroatoms. The van der Waals surface area contributed by atoms with Crippen LogP contribution in [0.2, 0.25) is 0 Å². The molecule has 0 unspecified atom stereocenters. The molecule has 12 nitrogen and oxygen atoms in total. The topological polar surface area (TPSA) is 253 Å². The van der Waals surface area contributed by atoms with E-state index in [0.29, 0.717) is 0 Å². The fourth-order valence-electron chi connectivity index (χ4n) is 0. The van der Waals surface area contributed by atoms with Crippen LogP contribution in [0.4, 0.5) is 0 Å². The van der Waals surface area contributed by atoms with Crippen LogP contribution in [-0.4, -0.2) is 70.5 Å². The first-order valence-corrected chi connectivity index (χ1v) is 11.2. The van der Waals surface area contributed by atoms with Crippen LogP contribution >= 0.6 is 85.2 Å². The van der Waals surface area contributed by atoms with Crippen molar-refractivity contribution >= 4 is 109 Å². The van der Waals surface area contributed by atoms with Gasteiger partial charge >= 0.3 is 23.9 Å². The van der Waals surface area contributed by atoms with Gasteiger partial charge in [-0.2, -0.15) is 0 Å². The van der Waals surface area contributed by atoms with Gasteiger partial charge in [-0.25, -0.2) is 0 Å². The van der Waals surface area contributed by atoms with Crippen molar-refractivity contribution < 1.29 is 39.6 Å². The highest BCUT2D eigenvalue weighted by molar-refractivity contribution is 15.0. The number of hydrogen-bond acceptors (Lipinski definition) is 8. The largest absolute Gasteiger partial charge is 0.480 e. The Balaban J connectivity index is -0.0000000302. The van der Waals surface area contributed by atoms with Gasteiger partial charge in [-0.1, -0.05) is 0 Å². The summed E-state index contributed by atoms with van der Waals surface area (Å²) >= 11 is 4.24. The van der Waals surface area contributed by atoms with Crippen LogP contribution < -0.4 is 22.9 Å². The molecule has 0 amide bonds. The van der Waals surface area contributed by atoms with Crippen LogP contribution in [-0.2, 0) is 19.2 Å². The Morgan fingerprint density at radius 3 is 0.583 bits per heavy atom. The molecule has 0 radical (unpaired) electrons. The number of aliphatic carboxylic acids is 4. The monoisotopic (exact) mass is 810 g/mol. The van der Waals surface area contributed by atoms with E-state index in [1.807, 2.05) is 0 Å². The lowest BCUT2D eigenvalue weighted by Crippen LogP contribution is -2.10. The minimum atomic E-state index is -0.968. The lowest BCUT2D eigenvalue weighted by Gasteiger charge is -1.73. The first kappa shape index (κ1) is 44.3. The van der Waals surface area contributed by atoms with E-state index in [4.69, 9.17) is 20.4 Å². The summed E-state index contributed by atoms with van der Waals surface area (Å²) in [6.45, 7) is -1.11. The molecule has 0 aliphatic heterocycles. The van der Waals surface area contributed by atoms with Gasteiger partial charge in [0, 0.05) is 37.2 Å². The zero-order valence-electron chi connectivity index (χ0n) is 12.1. The van der Waals surface area contributed by atoms with E-state index < -0.39 is 23.9 Å². The van der Waals surface area contributed by atoms with Crippen molar-refractivity contribution in [3.63, 3.8) is 0 Å². The molecule has 0 spiro atoms. The molecule has 0 atom stereocenters. The van der Waals surface area contributed by atoms with Crippen molar-refractivity contribution in [1.29, 1.82) is 0 Å². The van der Waals surface area contributed by atoms with Gasteiger partial charge in [0.05, 0.1) is 26.2 Å². The Morgan fingerprint density at radius 2 is 0.583 bits per heavy atom. The van der Waals surface area contributed by atoms with Crippen LogP contribution in [0.25, 0.3) is 0 Å². The summed E-state index contributed by atoms with van der Waals surface area (Å²) in [6, 6.07) is 0. The third kappa shape index (κ3) is 142. The Hall–Kier alpha value is 0.640. The second-order valence-electron chi connectivity index (χ2n) is 2.39. The van der Waals surface area contributed by atoms with Gasteiger partial charge in [-0.05, 0) is 0 Å². The molecule has 0 aromatic carbocycles. The van der Waals surface area contributed by atoms with Gasteiger partial charge in [0.25, 0.3) is 0 Å².